The van der Waals surface area contributed by atoms with Gasteiger partial charge in [-0.1, -0.05) is 91.9 Å². The van der Waals surface area contributed by atoms with Crippen LogP contribution in [-0.2, 0) is 29.2 Å². The maximum atomic E-state index is 14.3. The summed E-state index contributed by atoms with van der Waals surface area (Å²) in [5, 5.41) is 11.9. The first-order valence-electron chi connectivity index (χ1n) is 16.5. The largest absolute Gasteiger partial charge is 0.392 e. The number of rotatable bonds is 9. The molecule has 4 atom stereocenters. The second kappa shape index (κ2) is 14.7. The number of amides is 1. The predicted molar refractivity (Wildman–Crippen MR) is 182 cm³/mol. The van der Waals surface area contributed by atoms with E-state index >= 15 is 0 Å². The molecule has 1 fully saturated rings. The fourth-order valence-electron chi connectivity index (χ4n) is 6.52. The van der Waals surface area contributed by atoms with Gasteiger partial charge in [-0.3, -0.25) is 4.79 Å². The molecule has 2 heterocycles. The summed E-state index contributed by atoms with van der Waals surface area (Å²) in [6.07, 6.45) is 0.436. The van der Waals surface area contributed by atoms with E-state index in [0.29, 0.717) is 17.7 Å². The zero-order valence-electron chi connectivity index (χ0n) is 27.7. The molecule has 5 aromatic carbocycles. The van der Waals surface area contributed by atoms with Crippen molar-refractivity contribution in [2.24, 2.45) is 5.92 Å². The van der Waals surface area contributed by atoms with Gasteiger partial charge in [-0.2, -0.15) is 0 Å². The van der Waals surface area contributed by atoms with E-state index in [-0.39, 0.29) is 31.3 Å². The van der Waals surface area contributed by atoms with Crippen LogP contribution in [0.15, 0.2) is 103 Å². The van der Waals surface area contributed by atoms with Crippen molar-refractivity contribution in [3.8, 4) is 11.1 Å². The van der Waals surface area contributed by atoms with E-state index in [9.17, 15) is 31.9 Å². The van der Waals surface area contributed by atoms with E-state index in [4.69, 9.17) is 9.47 Å². The van der Waals surface area contributed by atoms with E-state index in [1.54, 1.807) is 30.6 Å². The summed E-state index contributed by atoms with van der Waals surface area (Å²) in [7, 11) is 0. The first-order valence-corrected chi connectivity index (χ1v) is 16.5. The number of aliphatic hydroxyl groups is 1. The number of fused-ring (bicyclic) bond motifs is 1. The van der Waals surface area contributed by atoms with Crippen molar-refractivity contribution in [2.45, 2.75) is 45.1 Å². The molecule has 0 saturated carbocycles. The fourth-order valence-corrected chi connectivity index (χ4v) is 6.52. The highest BCUT2D eigenvalue weighted by Gasteiger charge is 2.39. The third-order valence-corrected chi connectivity index (χ3v) is 9.41. The highest BCUT2D eigenvalue weighted by Crippen LogP contribution is 2.42. The molecule has 0 spiro atoms. The lowest BCUT2D eigenvalue weighted by atomic mass is 9.90. The van der Waals surface area contributed by atoms with Crippen LogP contribution in [0.2, 0.25) is 0 Å². The van der Waals surface area contributed by atoms with Crippen LogP contribution < -0.4 is 5.32 Å². The summed E-state index contributed by atoms with van der Waals surface area (Å²) in [5.41, 5.74) is 4.70. The van der Waals surface area contributed by atoms with Gasteiger partial charge >= 0.3 is 0 Å². The number of nitrogens with one attached hydrogen (secondary N) is 1. The Morgan fingerprint density at radius 3 is 2.13 bits per heavy atom. The first-order chi connectivity index (χ1) is 25.1. The maximum Gasteiger partial charge on any atom is 0.257 e. The van der Waals surface area contributed by atoms with Crippen LogP contribution in [-0.4, -0.2) is 26.7 Å². The summed E-state index contributed by atoms with van der Waals surface area (Å²) >= 11 is 0. The van der Waals surface area contributed by atoms with Crippen LogP contribution >= 0.6 is 0 Å². The van der Waals surface area contributed by atoms with Gasteiger partial charge in [0.25, 0.3) is 5.91 Å². The van der Waals surface area contributed by atoms with E-state index < -0.39 is 46.8 Å². The van der Waals surface area contributed by atoms with Gasteiger partial charge in [-0.25, -0.2) is 26.9 Å². The molecule has 1 aliphatic rings. The zero-order chi connectivity index (χ0) is 36.5. The van der Waals surface area contributed by atoms with Crippen LogP contribution in [0.4, 0.5) is 22.0 Å². The molecule has 0 unspecified atom stereocenters. The van der Waals surface area contributed by atoms with Crippen molar-refractivity contribution in [3.63, 3.8) is 0 Å². The van der Waals surface area contributed by atoms with E-state index in [1.165, 1.54) is 0 Å². The van der Waals surface area contributed by atoms with Crippen molar-refractivity contribution < 1.29 is 41.3 Å². The molecule has 266 valence electrons. The van der Waals surface area contributed by atoms with Crippen molar-refractivity contribution in [2.75, 3.05) is 0 Å². The summed E-state index contributed by atoms with van der Waals surface area (Å²) < 4.78 is 84.8. The molecule has 1 aromatic heterocycles. The minimum atomic E-state index is -2.34. The molecular weight excluding hydrogens is 681 g/mol. The molecule has 1 aliphatic heterocycles. The predicted octanol–water partition coefficient (Wildman–Crippen LogP) is 8.31. The third-order valence-electron chi connectivity index (χ3n) is 9.41. The summed E-state index contributed by atoms with van der Waals surface area (Å²) in [6.45, 7) is 2.27. The normalized spacial score (nSPS) is 18.8. The lowest BCUT2D eigenvalue weighted by Gasteiger charge is -2.41. The number of para-hydroxylation sites is 2. The lowest BCUT2D eigenvalue weighted by molar-refractivity contribution is -0.276. The van der Waals surface area contributed by atoms with E-state index in [0.717, 1.165) is 33.3 Å². The topological polar surface area (TPSA) is 85.6 Å². The third kappa shape index (κ3) is 6.68. The Morgan fingerprint density at radius 2 is 1.42 bits per heavy atom. The standard InChI is InChI=1S/C40H32F5N3O4/c1-22-31(19-48-21-47-29-8-4-5-9-30(29)48)51-40(52-38(22)25-12-10-23(20-49)11-13-25)26-16-14-24(15-17-26)28-7-3-2-6-27(28)18-46-39(50)32-33(41)35(43)37(45)36(44)34(32)42/h2-17,21-22,31,38,40,49H,18-20H2,1H3,(H,46,50)/t22-,31+,38+,40+/m1/s1. The Morgan fingerprint density at radius 1 is 0.788 bits per heavy atom. The number of aliphatic hydroxyl groups excluding tert-OH is 1. The molecule has 0 aliphatic carbocycles. The number of carbonyl (C=O) groups is 1. The molecule has 0 radical (unpaired) electrons. The summed E-state index contributed by atoms with van der Waals surface area (Å²) in [6, 6.07) is 29.8. The van der Waals surface area contributed by atoms with Crippen molar-refractivity contribution in [3.05, 3.63) is 160 Å². The molecule has 0 bridgehead atoms. The maximum absolute atomic E-state index is 14.3. The van der Waals surface area contributed by atoms with Crippen molar-refractivity contribution in [1.82, 2.24) is 14.9 Å². The highest BCUT2D eigenvalue weighted by molar-refractivity contribution is 5.95. The smallest absolute Gasteiger partial charge is 0.257 e. The summed E-state index contributed by atoms with van der Waals surface area (Å²) in [5.74, 6) is -12.7. The van der Waals surface area contributed by atoms with Gasteiger partial charge in [0.2, 0.25) is 5.82 Å². The second-order valence-corrected chi connectivity index (χ2v) is 12.6. The van der Waals surface area contributed by atoms with Crippen LogP contribution in [0, 0.1) is 35.0 Å². The van der Waals surface area contributed by atoms with Gasteiger partial charge in [0.05, 0.1) is 42.7 Å². The number of carbonyl (C=O) groups excluding carboxylic acids is 1. The van der Waals surface area contributed by atoms with Gasteiger partial charge in [0, 0.05) is 18.0 Å². The number of hydrogen-bond donors (Lipinski definition) is 2. The SMILES string of the molecule is C[C@@H]1[C@H](Cn2cnc3ccccc32)O[C@H](c2ccc(-c3ccccc3CNC(=O)c3c(F)c(F)c(F)c(F)c3F)cc2)O[C@@H]1c1ccc(CO)cc1. The fraction of sp³-hybridized carbons (Fsp3) is 0.200. The highest BCUT2D eigenvalue weighted by atomic mass is 19.2. The number of halogens is 5. The van der Waals surface area contributed by atoms with Crippen molar-refractivity contribution in [1.29, 1.82) is 0 Å². The lowest BCUT2D eigenvalue weighted by Crippen LogP contribution is -2.39. The number of nitrogens with zero attached hydrogens (tertiary/aromatic N) is 2. The summed E-state index contributed by atoms with van der Waals surface area (Å²) in [4.78, 5) is 17.2. The van der Waals surface area contributed by atoms with Crippen LogP contribution in [0.1, 0.15) is 51.9 Å². The molecule has 7 rings (SSSR count). The zero-order valence-corrected chi connectivity index (χ0v) is 27.7. The number of ether oxygens (including phenoxy) is 2. The average molecular weight is 714 g/mol. The molecule has 7 nitrogen and oxygen atoms in total. The molecule has 2 N–H and O–H groups in total. The average Bonchev–Trinajstić information content (AvgIpc) is 3.59. The van der Waals surface area contributed by atoms with Gasteiger partial charge < -0.3 is 24.5 Å². The van der Waals surface area contributed by atoms with Gasteiger partial charge in [0.1, 0.15) is 5.56 Å². The number of hydrogen-bond acceptors (Lipinski definition) is 5. The van der Waals surface area contributed by atoms with Gasteiger partial charge in [-0.05, 0) is 39.9 Å². The molecule has 6 aromatic rings. The minimum Gasteiger partial charge on any atom is -0.392 e. The minimum absolute atomic E-state index is 0.0661. The molecular formula is C40H32F5N3O4. The number of imidazole rings is 1. The Bertz CT molecular complexity index is 2210. The van der Waals surface area contributed by atoms with Gasteiger partial charge in [0.15, 0.2) is 29.6 Å². The molecule has 12 heteroatoms. The molecule has 1 saturated heterocycles. The number of aromatic nitrogens is 2. The first kappa shape index (κ1) is 35.0. The van der Waals surface area contributed by atoms with Crippen LogP contribution in [0.25, 0.3) is 22.2 Å². The van der Waals surface area contributed by atoms with E-state index in [2.05, 4.69) is 21.8 Å². The molecule has 52 heavy (non-hydrogen) atoms. The van der Waals surface area contributed by atoms with Gasteiger partial charge in [-0.15, -0.1) is 0 Å². The van der Waals surface area contributed by atoms with Crippen LogP contribution in [0.3, 0.4) is 0 Å². The Labute approximate surface area is 295 Å². The quantitative estimate of drug-likeness (QED) is 0.0895. The monoisotopic (exact) mass is 713 g/mol. The van der Waals surface area contributed by atoms with Crippen LogP contribution in [0.5, 0.6) is 0 Å². The Balaban J connectivity index is 1.13. The number of benzene rings is 5. The molecule has 1 amide bonds. The van der Waals surface area contributed by atoms with Crippen molar-refractivity contribution >= 4 is 16.9 Å². The van der Waals surface area contributed by atoms with E-state index in [1.807, 2.05) is 72.8 Å². The Hall–Kier alpha value is -5.43. The second-order valence-electron chi connectivity index (χ2n) is 12.6. The Kier molecular flexibility index (Phi) is 9.87.